The Kier molecular flexibility index (Phi) is 4.62. The number of hydrogen-bond acceptors (Lipinski definition) is 5. The molecule has 4 rings (SSSR count). The molecule has 3 heterocycles. The monoisotopic (exact) mass is 380 g/mol. The highest BCUT2D eigenvalue weighted by molar-refractivity contribution is 5.92. The Balaban J connectivity index is 1.50. The van der Waals surface area contributed by atoms with Crippen molar-refractivity contribution in [2.24, 2.45) is 0 Å². The minimum atomic E-state index is -0.0431. The van der Waals surface area contributed by atoms with E-state index in [1.165, 1.54) is 0 Å². The van der Waals surface area contributed by atoms with E-state index in [0.29, 0.717) is 29.7 Å². The van der Waals surface area contributed by atoms with E-state index in [-0.39, 0.29) is 17.5 Å². The number of benzene rings is 1. The van der Waals surface area contributed by atoms with Crippen molar-refractivity contribution in [2.75, 3.05) is 31.1 Å². The van der Waals surface area contributed by atoms with Crippen LogP contribution < -0.4 is 10.5 Å². The van der Waals surface area contributed by atoms with Crippen molar-refractivity contribution < 1.29 is 4.79 Å². The predicted molar refractivity (Wildman–Crippen MR) is 108 cm³/mol. The number of nitrogens with one attached hydrogen (secondary N) is 1. The molecule has 1 aromatic carbocycles. The third-order valence-corrected chi connectivity index (χ3v) is 5.18. The van der Waals surface area contributed by atoms with Crippen molar-refractivity contribution in [2.45, 2.75) is 26.8 Å². The molecule has 1 aliphatic rings. The zero-order chi connectivity index (χ0) is 19.8. The first-order valence-electron chi connectivity index (χ1n) is 9.51. The third-order valence-electron chi connectivity index (χ3n) is 5.18. The molecule has 8 heteroatoms. The second-order valence-corrected chi connectivity index (χ2v) is 7.47. The Morgan fingerprint density at radius 2 is 1.89 bits per heavy atom. The fraction of sp³-hybridized carbons (Fsp3) is 0.400. The molecule has 1 fully saturated rings. The highest BCUT2D eigenvalue weighted by Crippen LogP contribution is 2.21. The molecule has 0 bridgehead atoms. The maximum Gasteiger partial charge on any atom is 0.274 e. The lowest BCUT2D eigenvalue weighted by Gasteiger charge is -2.35. The molecule has 0 aliphatic carbocycles. The normalized spacial score (nSPS) is 14.9. The van der Waals surface area contributed by atoms with Gasteiger partial charge in [0.25, 0.3) is 11.5 Å². The number of rotatable bonds is 3. The summed E-state index contributed by atoms with van der Waals surface area (Å²) in [5.41, 5.74) is 3.04. The quantitative estimate of drug-likeness (QED) is 0.751. The number of piperazine rings is 1. The molecule has 0 saturated carbocycles. The number of carbonyl (C=O) groups excluding carboxylic acids is 1. The molecule has 28 heavy (non-hydrogen) atoms. The summed E-state index contributed by atoms with van der Waals surface area (Å²) in [6.07, 6.45) is 1.61. The summed E-state index contributed by atoms with van der Waals surface area (Å²) in [5.74, 6) is -0.0431. The van der Waals surface area contributed by atoms with Crippen molar-refractivity contribution >= 4 is 22.5 Å². The van der Waals surface area contributed by atoms with Crippen LogP contribution in [-0.2, 0) is 0 Å². The molecule has 0 spiro atoms. The first-order valence-corrected chi connectivity index (χ1v) is 9.51. The largest absolute Gasteiger partial charge is 0.368 e. The summed E-state index contributed by atoms with van der Waals surface area (Å²) in [6, 6.07) is 7.62. The van der Waals surface area contributed by atoms with Crippen molar-refractivity contribution in [3.8, 4) is 0 Å². The highest BCUT2D eigenvalue weighted by atomic mass is 16.2. The van der Waals surface area contributed by atoms with Gasteiger partial charge in [0.05, 0.1) is 17.2 Å². The van der Waals surface area contributed by atoms with Crippen LogP contribution in [0.25, 0.3) is 10.9 Å². The van der Waals surface area contributed by atoms with Gasteiger partial charge in [-0.2, -0.15) is 5.10 Å². The molecule has 8 nitrogen and oxygen atoms in total. The highest BCUT2D eigenvalue weighted by Gasteiger charge is 2.24. The van der Waals surface area contributed by atoms with Gasteiger partial charge in [0.15, 0.2) is 0 Å². The number of amides is 1. The van der Waals surface area contributed by atoms with Gasteiger partial charge < -0.3 is 9.80 Å². The molecule has 1 amide bonds. The van der Waals surface area contributed by atoms with Crippen LogP contribution in [0.15, 0.2) is 35.4 Å². The van der Waals surface area contributed by atoms with Gasteiger partial charge in [-0.1, -0.05) is 0 Å². The van der Waals surface area contributed by atoms with Crippen molar-refractivity contribution in [1.82, 2.24) is 24.6 Å². The number of aryl methyl sites for hydroxylation is 1. The fourth-order valence-electron chi connectivity index (χ4n) is 3.55. The van der Waals surface area contributed by atoms with Crippen LogP contribution in [0.3, 0.4) is 0 Å². The summed E-state index contributed by atoms with van der Waals surface area (Å²) in [6.45, 7) is 8.53. The van der Waals surface area contributed by atoms with Gasteiger partial charge in [-0.15, -0.1) is 0 Å². The Labute approximate surface area is 162 Å². The standard InChI is InChI=1S/C20H24N6O2/c1-13(2)26-12-21-17-11-15(4-5-16(17)19(26)27)24-6-8-25(9-7-24)20(28)18-10-14(3)22-23-18/h4-5,10-13H,6-9H2,1-3H3,(H,22,23). The molecule has 2 aromatic heterocycles. The number of fused-ring (bicyclic) bond motifs is 1. The SMILES string of the molecule is Cc1cc(C(=O)N2CCN(c3ccc4c(=O)n(C(C)C)cnc4c3)CC2)n[nH]1. The number of nitrogens with zero attached hydrogens (tertiary/aromatic N) is 5. The molecule has 0 unspecified atom stereocenters. The Morgan fingerprint density at radius 3 is 2.54 bits per heavy atom. The lowest BCUT2D eigenvalue weighted by Crippen LogP contribution is -2.48. The summed E-state index contributed by atoms with van der Waals surface area (Å²) >= 11 is 0. The minimum Gasteiger partial charge on any atom is -0.368 e. The average molecular weight is 380 g/mol. The Hall–Kier alpha value is -3.16. The first-order chi connectivity index (χ1) is 13.4. The van der Waals surface area contributed by atoms with Gasteiger partial charge in [-0.3, -0.25) is 19.3 Å². The van der Waals surface area contributed by atoms with E-state index in [1.54, 1.807) is 17.0 Å². The molecule has 146 valence electrons. The van der Waals surface area contributed by atoms with Crippen molar-refractivity contribution in [3.05, 3.63) is 52.3 Å². The minimum absolute atomic E-state index is 0.0173. The average Bonchev–Trinajstić information content (AvgIpc) is 3.13. The smallest absolute Gasteiger partial charge is 0.274 e. The van der Waals surface area contributed by atoms with E-state index in [4.69, 9.17) is 0 Å². The fourth-order valence-corrected chi connectivity index (χ4v) is 3.55. The second kappa shape index (κ2) is 7.10. The number of hydrogen-bond donors (Lipinski definition) is 1. The predicted octanol–water partition coefficient (Wildman–Crippen LogP) is 1.97. The topological polar surface area (TPSA) is 87.1 Å². The van der Waals surface area contributed by atoms with Crippen LogP contribution >= 0.6 is 0 Å². The molecular weight excluding hydrogens is 356 g/mol. The molecule has 1 aliphatic heterocycles. The summed E-state index contributed by atoms with van der Waals surface area (Å²) in [4.78, 5) is 33.6. The number of anilines is 1. The van der Waals surface area contributed by atoms with Gasteiger partial charge in [-0.05, 0) is 45.0 Å². The number of aromatic nitrogens is 4. The van der Waals surface area contributed by atoms with E-state index in [1.807, 2.05) is 43.9 Å². The van der Waals surface area contributed by atoms with Gasteiger partial charge in [0.1, 0.15) is 5.69 Å². The summed E-state index contributed by atoms with van der Waals surface area (Å²) < 4.78 is 1.64. The molecule has 1 N–H and O–H groups in total. The maximum absolute atomic E-state index is 12.6. The van der Waals surface area contributed by atoms with Gasteiger partial charge in [0.2, 0.25) is 0 Å². The summed E-state index contributed by atoms with van der Waals surface area (Å²) in [7, 11) is 0. The van der Waals surface area contributed by atoms with Crippen molar-refractivity contribution in [3.63, 3.8) is 0 Å². The molecule has 1 saturated heterocycles. The molecule has 3 aromatic rings. The van der Waals surface area contributed by atoms with E-state index in [2.05, 4.69) is 20.1 Å². The molecule has 0 radical (unpaired) electrons. The zero-order valence-electron chi connectivity index (χ0n) is 16.3. The van der Waals surface area contributed by atoms with E-state index >= 15 is 0 Å². The van der Waals surface area contributed by atoms with Gasteiger partial charge >= 0.3 is 0 Å². The van der Waals surface area contributed by atoms with Gasteiger partial charge in [-0.25, -0.2) is 4.98 Å². The molecule has 0 atom stereocenters. The van der Waals surface area contributed by atoms with Crippen LogP contribution in [0, 0.1) is 6.92 Å². The third kappa shape index (κ3) is 3.26. The van der Waals surface area contributed by atoms with E-state index < -0.39 is 0 Å². The number of H-pyrrole nitrogens is 1. The van der Waals surface area contributed by atoms with Crippen LogP contribution in [0.5, 0.6) is 0 Å². The van der Waals surface area contributed by atoms with Crippen LogP contribution in [0.2, 0.25) is 0 Å². The van der Waals surface area contributed by atoms with Crippen LogP contribution in [0.1, 0.15) is 36.1 Å². The number of carbonyl (C=O) groups is 1. The van der Waals surface area contributed by atoms with E-state index in [9.17, 15) is 9.59 Å². The van der Waals surface area contributed by atoms with Gasteiger partial charge in [0, 0.05) is 43.6 Å². The lowest BCUT2D eigenvalue weighted by atomic mass is 10.2. The first kappa shape index (κ1) is 18.2. The lowest BCUT2D eigenvalue weighted by molar-refractivity contribution is 0.0741. The second-order valence-electron chi connectivity index (χ2n) is 7.47. The molecular formula is C20H24N6O2. The Morgan fingerprint density at radius 1 is 1.14 bits per heavy atom. The van der Waals surface area contributed by atoms with Crippen molar-refractivity contribution in [1.29, 1.82) is 0 Å². The van der Waals surface area contributed by atoms with Crippen LogP contribution in [0.4, 0.5) is 5.69 Å². The number of aromatic amines is 1. The van der Waals surface area contributed by atoms with E-state index in [0.717, 1.165) is 24.5 Å². The summed E-state index contributed by atoms with van der Waals surface area (Å²) in [5, 5.41) is 7.50. The maximum atomic E-state index is 12.6. The zero-order valence-corrected chi connectivity index (χ0v) is 16.3. The van der Waals surface area contributed by atoms with Crippen LogP contribution in [-0.4, -0.2) is 56.7 Å². The Bertz CT molecular complexity index is 1080.